The zero-order valence-electron chi connectivity index (χ0n) is 10.6. The minimum absolute atomic E-state index is 0.127. The van der Waals surface area contributed by atoms with Crippen molar-refractivity contribution >= 4 is 17.5 Å². The summed E-state index contributed by atoms with van der Waals surface area (Å²) in [6.45, 7) is 5.10. The quantitative estimate of drug-likeness (QED) is 0.663. The average Bonchev–Trinajstić information content (AvgIpc) is 2.21. The van der Waals surface area contributed by atoms with Crippen molar-refractivity contribution in [3.05, 3.63) is 0 Å². The van der Waals surface area contributed by atoms with Gasteiger partial charge < -0.3 is 0 Å². The van der Waals surface area contributed by atoms with E-state index in [0.29, 0.717) is 6.54 Å². The van der Waals surface area contributed by atoms with Crippen LogP contribution in [0.25, 0.3) is 0 Å². The lowest BCUT2D eigenvalue weighted by atomic mass is 10.2. The van der Waals surface area contributed by atoms with E-state index in [-0.39, 0.29) is 6.03 Å². The van der Waals surface area contributed by atoms with E-state index < -0.39 is 0 Å². The molecule has 0 spiro atoms. The maximum Gasteiger partial charge on any atom is 0.355 e. The largest absolute Gasteiger partial charge is 0.355 e. The van der Waals surface area contributed by atoms with Gasteiger partial charge in [0.15, 0.2) is 0 Å². The number of amides is 2. The van der Waals surface area contributed by atoms with Crippen molar-refractivity contribution in [2.24, 2.45) is 10.1 Å². The molecule has 90 valence electrons. The van der Waals surface area contributed by atoms with Crippen LogP contribution >= 0.6 is 0 Å². The van der Waals surface area contributed by atoms with E-state index in [1.165, 1.54) is 5.01 Å². The Morgan fingerprint density at radius 2 is 2.19 bits per heavy atom. The van der Waals surface area contributed by atoms with Gasteiger partial charge in [-0.25, -0.2) is 19.8 Å². The Hall–Kier alpha value is -1.43. The van der Waals surface area contributed by atoms with Crippen LogP contribution in [0.4, 0.5) is 4.79 Å². The molecular formula is C10H19N5O. The van der Waals surface area contributed by atoms with Gasteiger partial charge in [-0.05, 0) is 13.8 Å². The summed E-state index contributed by atoms with van der Waals surface area (Å²) in [5.41, 5.74) is 1.71. The van der Waals surface area contributed by atoms with Gasteiger partial charge in [0, 0.05) is 27.7 Å². The lowest BCUT2D eigenvalue weighted by Gasteiger charge is -2.35. The van der Waals surface area contributed by atoms with Gasteiger partial charge in [0.05, 0.1) is 12.3 Å². The molecule has 0 aromatic rings. The minimum atomic E-state index is -0.127. The Bertz CT molecular complexity index is 334. The topological polar surface area (TPSA) is 51.5 Å². The van der Waals surface area contributed by atoms with Crippen LogP contribution in [0, 0.1) is 0 Å². The summed E-state index contributed by atoms with van der Waals surface area (Å²) in [6.07, 6.45) is 0. The molecule has 0 radical (unpaired) electrons. The molecule has 0 saturated heterocycles. The summed E-state index contributed by atoms with van der Waals surface area (Å²) < 4.78 is 0. The van der Waals surface area contributed by atoms with Gasteiger partial charge in [0.2, 0.25) is 0 Å². The number of urea groups is 1. The monoisotopic (exact) mass is 225 g/mol. The summed E-state index contributed by atoms with van der Waals surface area (Å²) in [7, 11) is 5.32. The zero-order chi connectivity index (χ0) is 12.3. The van der Waals surface area contributed by atoms with Gasteiger partial charge in [-0.3, -0.25) is 4.99 Å². The third-order valence-electron chi connectivity index (χ3n) is 2.36. The number of hydrogen-bond acceptors (Lipinski definition) is 4. The maximum atomic E-state index is 11.8. The lowest BCUT2D eigenvalue weighted by Crippen LogP contribution is -2.53. The fourth-order valence-corrected chi connectivity index (χ4v) is 1.46. The van der Waals surface area contributed by atoms with Crippen molar-refractivity contribution in [3.63, 3.8) is 0 Å². The van der Waals surface area contributed by atoms with E-state index in [1.54, 1.807) is 17.1 Å². The fraction of sp³-hybridized carbons (Fsp3) is 0.700. The summed E-state index contributed by atoms with van der Waals surface area (Å²) in [5, 5.41) is 8.94. The molecule has 16 heavy (non-hydrogen) atoms. The summed E-state index contributed by atoms with van der Waals surface area (Å²) in [4.78, 5) is 16.1. The minimum Gasteiger partial charge on any atom is -0.288 e. The molecule has 2 amide bonds. The highest BCUT2D eigenvalue weighted by molar-refractivity contribution is 6.42. The first kappa shape index (κ1) is 12.6. The predicted molar refractivity (Wildman–Crippen MR) is 64.6 cm³/mol. The number of nitrogens with zero attached hydrogens (tertiary/aromatic N) is 5. The number of aliphatic imine (C=N–C) groups is 1. The van der Waals surface area contributed by atoms with Gasteiger partial charge >= 0.3 is 6.03 Å². The Balaban J connectivity index is 2.94. The molecule has 6 heteroatoms. The highest BCUT2D eigenvalue weighted by Gasteiger charge is 2.27. The third-order valence-corrected chi connectivity index (χ3v) is 2.36. The van der Waals surface area contributed by atoms with Crippen molar-refractivity contribution in [3.8, 4) is 0 Å². The van der Waals surface area contributed by atoms with Crippen LogP contribution in [0.1, 0.15) is 13.8 Å². The molecule has 0 aromatic heterocycles. The van der Waals surface area contributed by atoms with E-state index in [2.05, 4.69) is 10.1 Å². The average molecular weight is 225 g/mol. The summed E-state index contributed by atoms with van der Waals surface area (Å²) >= 11 is 0. The van der Waals surface area contributed by atoms with Crippen LogP contribution in [0.5, 0.6) is 0 Å². The first-order chi connectivity index (χ1) is 7.47. The molecule has 0 aromatic carbocycles. The molecule has 0 bridgehead atoms. The van der Waals surface area contributed by atoms with Gasteiger partial charge in [0.1, 0.15) is 5.71 Å². The van der Waals surface area contributed by atoms with E-state index in [9.17, 15) is 4.79 Å². The number of hydrazone groups is 1. The molecule has 0 saturated carbocycles. The van der Waals surface area contributed by atoms with Crippen molar-refractivity contribution in [1.29, 1.82) is 0 Å². The Morgan fingerprint density at radius 3 is 2.69 bits per heavy atom. The summed E-state index contributed by atoms with van der Waals surface area (Å²) in [6, 6.07) is -0.127. The van der Waals surface area contributed by atoms with E-state index in [0.717, 1.165) is 18.0 Å². The molecule has 0 aliphatic carbocycles. The van der Waals surface area contributed by atoms with Crippen molar-refractivity contribution in [1.82, 2.24) is 15.0 Å². The van der Waals surface area contributed by atoms with Crippen LogP contribution in [0.15, 0.2) is 10.1 Å². The number of rotatable bonds is 3. The van der Waals surface area contributed by atoms with Crippen molar-refractivity contribution < 1.29 is 4.79 Å². The zero-order valence-corrected chi connectivity index (χ0v) is 10.6. The highest BCUT2D eigenvalue weighted by Crippen LogP contribution is 2.08. The maximum absolute atomic E-state index is 11.8. The number of hydrogen-bond donors (Lipinski definition) is 0. The van der Waals surface area contributed by atoms with E-state index in [1.807, 2.05) is 27.9 Å². The molecule has 0 N–H and O–H groups in total. The Labute approximate surface area is 96.2 Å². The molecule has 6 nitrogen and oxygen atoms in total. The van der Waals surface area contributed by atoms with E-state index in [4.69, 9.17) is 0 Å². The van der Waals surface area contributed by atoms with Gasteiger partial charge in [-0.15, -0.1) is 0 Å². The second-order valence-corrected chi connectivity index (χ2v) is 3.82. The van der Waals surface area contributed by atoms with Crippen LogP contribution in [0.3, 0.4) is 0 Å². The molecule has 1 rings (SSSR count). The van der Waals surface area contributed by atoms with Crippen LogP contribution in [-0.2, 0) is 0 Å². The first-order valence-electron chi connectivity index (χ1n) is 5.28. The normalized spacial score (nSPS) is 18.2. The second kappa shape index (κ2) is 5.07. The van der Waals surface area contributed by atoms with Crippen LogP contribution in [0.2, 0.25) is 0 Å². The molecule has 1 aliphatic rings. The molecule has 1 aliphatic heterocycles. The fourth-order valence-electron chi connectivity index (χ4n) is 1.46. The molecular weight excluding hydrogens is 206 g/mol. The highest BCUT2D eigenvalue weighted by atomic mass is 16.2. The standard InChI is InChI=1S/C10H19N5O/c1-6-11-8(2)9-7-15(13(3)4)10(16)14(5)12-9/h6-7H2,1-5H3/b11-8+. The van der Waals surface area contributed by atoms with Crippen molar-refractivity contribution in [2.75, 3.05) is 34.2 Å². The predicted octanol–water partition coefficient (Wildman–Crippen LogP) is 0.667. The van der Waals surface area contributed by atoms with Crippen LogP contribution < -0.4 is 0 Å². The molecule has 0 unspecified atom stereocenters. The number of carbonyl (C=O) groups excluding carboxylic acids is 1. The number of carbonyl (C=O) groups is 1. The second-order valence-electron chi connectivity index (χ2n) is 3.82. The van der Waals surface area contributed by atoms with Gasteiger partial charge in [-0.1, -0.05) is 0 Å². The summed E-state index contributed by atoms with van der Waals surface area (Å²) in [5.74, 6) is 0. The third kappa shape index (κ3) is 2.57. The molecule has 0 atom stereocenters. The SMILES string of the molecule is CC/N=C(\C)C1=NN(C)C(=O)N(N(C)C)C1. The smallest absolute Gasteiger partial charge is 0.288 e. The van der Waals surface area contributed by atoms with Crippen molar-refractivity contribution in [2.45, 2.75) is 13.8 Å². The Kier molecular flexibility index (Phi) is 4.00. The first-order valence-corrected chi connectivity index (χ1v) is 5.28. The van der Waals surface area contributed by atoms with E-state index >= 15 is 0 Å². The van der Waals surface area contributed by atoms with Gasteiger partial charge in [-0.2, -0.15) is 5.10 Å². The lowest BCUT2D eigenvalue weighted by molar-refractivity contribution is 0.0519. The molecule has 1 heterocycles. The molecule has 0 fully saturated rings. The number of hydrazine groups is 1. The van der Waals surface area contributed by atoms with Gasteiger partial charge in [0.25, 0.3) is 0 Å². The van der Waals surface area contributed by atoms with Crippen LogP contribution in [-0.4, -0.2) is 66.7 Å². The Morgan fingerprint density at radius 1 is 1.56 bits per heavy atom.